The Morgan fingerprint density at radius 1 is 1.23 bits per heavy atom. The molecular formula is C14H16N4O5S3. The van der Waals surface area contributed by atoms with E-state index in [9.17, 15) is 18.0 Å². The van der Waals surface area contributed by atoms with E-state index in [1.165, 1.54) is 38.3 Å². The van der Waals surface area contributed by atoms with Gasteiger partial charge in [-0.05, 0) is 31.2 Å². The smallest absolute Gasteiger partial charge is 0.316 e. The van der Waals surface area contributed by atoms with Crippen molar-refractivity contribution >= 4 is 55.8 Å². The second-order valence-electron chi connectivity index (χ2n) is 4.77. The van der Waals surface area contributed by atoms with E-state index in [2.05, 4.69) is 25.0 Å². The first-order valence-corrected chi connectivity index (χ1v) is 10.7. The quantitative estimate of drug-likeness (QED) is 0.379. The summed E-state index contributed by atoms with van der Waals surface area (Å²) in [4.78, 5) is 23.3. The van der Waals surface area contributed by atoms with E-state index in [4.69, 9.17) is 0 Å². The fourth-order valence-electron chi connectivity index (χ4n) is 1.61. The summed E-state index contributed by atoms with van der Waals surface area (Å²) >= 11 is 2.29. The number of anilines is 2. The molecule has 1 aromatic heterocycles. The Kier molecular flexibility index (Phi) is 6.94. The molecule has 2 N–H and O–H groups in total. The van der Waals surface area contributed by atoms with Crippen molar-refractivity contribution in [1.82, 2.24) is 10.2 Å². The van der Waals surface area contributed by atoms with Crippen LogP contribution in [0.15, 0.2) is 28.6 Å². The van der Waals surface area contributed by atoms with E-state index >= 15 is 0 Å². The van der Waals surface area contributed by atoms with Crippen LogP contribution in [0.25, 0.3) is 0 Å². The zero-order valence-corrected chi connectivity index (χ0v) is 16.3. The van der Waals surface area contributed by atoms with Crippen molar-refractivity contribution in [1.29, 1.82) is 0 Å². The zero-order valence-electron chi connectivity index (χ0n) is 13.9. The minimum Gasteiger partial charge on any atom is -0.468 e. The third kappa shape index (κ3) is 5.97. The molecule has 2 rings (SSSR count). The summed E-state index contributed by atoms with van der Waals surface area (Å²) in [5, 5.41) is 10.6. The summed E-state index contributed by atoms with van der Waals surface area (Å²) in [7, 11) is -2.07. The molecule has 1 heterocycles. The van der Waals surface area contributed by atoms with E-state index in [0.717, 1.165) is 23.1 Å². The summed E-state index contributed by atoms with van der Waals surface area (Å²) in [6.07, 6.45) is 0. The van der Waals surface area contributed by atoms with Gasteiger partial charge in [-0.15, -0.1) is 10.2 Å². The first-order chi connectivity index (χ1) is 12.3. The highest BCUT2D eigenvalue weighted by Gasteiger charge is 2.13. The highest BCUT2D eigenvalue weighted by molar-refractivity contribution is 8.01. The Morgan fingerprint density at radius 3 is 2.54 bits per heavy atom. The van der Waals surface area contributed by atoms with Gasteiger partial charge in [0, 0.05) is 11.3 Å². The number of hydrogen-bond donors (Lipinski definition) is 2. The molecule has 0 atom stereocenters. The molecule has 0 saturated carbocycles. The molecule has 140 valence electrons. The van der Waals surface area contributed by atoms with E-state index in [0.29, 0.717) is 15.6 Å². The van der Waals surface area contributed by atoms with Gasteiger partial charge < -0.3 is 4.74 Å². The van der Waals surface area contributed by atoms with Gasteiger partial charge in [-0.3, -0.25) is 19.6 Å². The number of rotatable bonds is 8. The lowest BCUT2D eigenvalue weighted by atomic mass is 10.2. The fourth-order valence-corrected chi connectivity index (χ4v) is 3.83. The van der Waals surface area contributed by atoms with Crippen LogP contribution in [0.4, 0.5) is 10.8 Å². The van der Waals surface area contributed by atoms with Crippen molar-refractivity contribution in [2.24, 2.45) is 0 Å². The molecule has 0 unspecified atom stereocenters. The van der Waals surface area contributed by atoms with Gasteiger partial charge in [-0.2, -0.15) is 0 Å². The van der Waals surface area contributed by atoms with Crippen LogP contribution in [0.2, 0.25) is 0 Å². The molecule has 12 heteroatoms. The Morgan fingerprint density at radius 2 is 1.92 bits per heavy atom. The van der Waals surface area contributed by atoms with Crippen LogP contribution in [0.5, 0.6) is 0 Å². The van der Waals surface area contributed by atoms with Crippen molar-refractivity contribution in [2.45, 2.75) is 11.3 Å². The molecule has 2 aromatic rings. The lowest BCUT2D eigenvalue weighted by Gasteiger charge is -2.06. The molecule has 0 spiro atoms. The van der Waals surface area contributed by atoms with Gasteiger partial charge in [0.1, 0.15) is 0 Å². The van der Waals surface area contributed by atoms with Crippen LogP contribution >= 0.6 is 23.1 Å². The van der Waals surface area contributed by atoms with Crippen molar-refractivity contribution in [3.8, 4) is 0 Å². The summed E-state index contributed by atoms with van der Waals surface area (Å²) in [6, 6.07) is 5.99. The number of sulfonamides is 1. The predicted octanol–water partition coefficient (Wildman–Crippen LogP) is 1.82. The number of amides is 1. The molecule has 0 fully saturated rings. The topological polar surface area (TPSA) is 127 Å². The first kappa shape index (κ1) is 20.1. The summed E-state index contributed by atoms with van der Waals surface area (Å²) in [5.74, 6) is -0.721. The molecule has 0 saturated heterocycles. The Hall–Kier alpha value is -2.18. The summed E-state index contributed by atoms with van der Waals surface area (Å²) in [5.41, 5.74) is 0.712. The van der Waals surface area contributed by atoms with Crippen molar-refractivity contribution in [3.05, 3.63) is 29.8 Å². The number of benzene rings is 1. The fraction of sp³-hybridized carbons (Fsp3) is 0.286. The minimum atomic E-state index is -3.37. The third-order valence-corrected chi connectivity index (χ3v) is 6.22. The monoisotopic (exact) mass is 416 g/mol. The van der Waals surface area contributed by atoms with Gasteiger partial charge in [-0.1, -0.05) is 23.1 Å². The standard InChI is InChI=1S/C14H16N4O5S3/c1-3-26(21,22)18-10-6-4-9(5-7-10)12(20)15-13-16-17-14(25-13)24-8-11(19)23-2/h4-7,18H,3,8H2,1-2H3,(H,15,16,20). The number of ether oxygens (including phenoxy) is 1. The molecule has 0 aliphatic carbocycles. The molecular weight excluding hydrogens is 400 g/mol. The molecule has 0 bridgehead atoms. The van der Waals surface area contributed by atoms with Crippen LogP contribution in [-0.2, 0) is 19.6 Å². The zero-order chi connectivity index (χ0) is 19.2. The van der Waals surface area contributed by atoms with E-state index in [1.54, 1.807) is 0 Å². The Bertz CT molecular complexity index is 880. The minimum absolute atomic E-state index is 0.0391. The largest absolute Gasteiger partial charge is 0.468 e. The van der Waals surface area contributed by atoms with Crippen LogP contribution in [0.1, 0.15) is 17.3 Å². The van der Waals surface area contributed by atoms with Gasteiger partial charge in [0.2, 0.25) is 15.2 Å². The number of nitrogens with zero attached hydrogens (tertiary/aromatic N) is 2. The normalized spacial score (nSPS) is 11.0. The Balaban J connectivity index is 1.95. The van der Waals surface area contributed by atoms with Gasteiger partial charge >= 0.3 is 5.97 Å². The lowest BCUT2D eigenvalue weighted by Crippen LogP contribution is -2.15. The van der Waals surface area contributed by atoms with Crippen molar-refractivity contribution in [3.63, 3.8) is 0 Å². The molecule has 26 heavy (non-hydrogen) atoms. The lowest BCUT2D eigenvalue weighted by molar-refractivity contribution is -0.137. The maximum Gasteiger partial charge on any atom is 0.316 e. The number of thioether (sulfide) groups is 1. The SMILES string of the molecule is CCS(=O)(=O)Nc1ccc(C(=O)Nc2nnc(SCC(=O)OC)s2)cc1. The second-order valence-corrected chi connectivity index (χ2v) is 8.99. The van der Waals surface area contributed by atoms with Gasteiger partial charge in [0.15, 0.2) is 4.34 Å². The number of nitrogens with one attached hydrogen (secondary N) is 2. The maximum atomic E-state index is 12.2. The highest BCUT2D eigenvalue weighted by atomic mass is 32.2. The van der Waals surface area contributed by atoms with Gasteiger partial charge in [0.25, 0.3) is 5.91 Å². The first-order valence-electron chi connectivity index (χ1n) is 7.28. The number of carbonyl (C=O) groups excluding carboxylic acids is 2. The van der Waals surface area contributed by atoms with Crippen LogP contribution < -0.4 is 10.0 Å². The average molecular weight is 417 g/mol. The summed E-state index contributed by atoms with van der Waals surface area (Å²) in [6.45, 7) is 1.53. The van der Waals surface area contributed by atoms with Crippen LogP contribution in [-0.4, -0.2) is 49.1 Å². The summed E-state index contributed by atoms with van der Waals surface area (Å²) < 4.78 is 30.5. The van der Waals surface area contributed by atoms with E-state index in [1.807, 2.05) is 0 Å². The maximum absolute atomic E-state index is 12.2. The van der Waals surface area contributed by atoms with Gasteiger partial charge in [0.05, 0.1) is 18.6 Å². The molecule has 9 nitrogen and oxygen atoms in total. The molecule has 0 radical (unpaired) electrons. The number of esters is 1. The average Bonchev–Trinajstić information content (AvgIpc) is 3.07. The third-order valence-electron chi connectivity index (χ3n) is 2.97. The molecule has 1 amide bonds. The number of carbonyl (C=O) groups is 2. The highest BCUT2D eigenvalue weighted by Crippen LogP contribution is 2.25. The second kappa shape index (κ2) is 8.96. The Labute approximate surface area is 158 Å². The number of hydrogen-bond acceptors (Lipinski definition) is 9. The number of aromatic nitrogens is 2. The van der Waals surface area contributed by atoms with Gasteiger partial charge in [-0.25, -0.2) is 8.42 Å². The van der Waals surface area contributed by atoms with Crippen LogP contribution in [0, 0.1) is 0 Å². The number of methoxy groups -OCH3 is 1. The molecule has 1 aromatic carbocycles. The van der Waals surface area contributed by atoms with E-state index < -0.39 is 15.9 Å². The molecule has 0 aliphatic rings. The van der Waals surface area contributed by atoms with Crippen LogP contribution in [0.3, 0.4) is 0 Å². The molecule has 0 aliphatic heterocycles. The van der Waals surface area contributed by atoms with Crippen molar-refractivity contribution < 1.29 is 22.7 Å². The van der Waals surface area contributed by atoms with E-state index in [-0.39, 0.29) is 22.6 Å². The van der Waals surface area contributed by atoms with Crippen molar-refractivity contribution in [2.75, 3.05) is 28.7 Å². The predicted molar refractivity (Wildman–Crippen MR) is 100 cm³/mol.